The molecule has 0 bridgehead atoms. The van der Waals surface area contributed by atoms with Crippen LogP contribution in [0.3, 0.4) is 0 Å². The molecule has 0 saturated heterocycles. The number of aliphatic carboxylic acids is 2. The number of rotatable bonds is 38. The second-order valence-electron chi connectivity index (χ2n) is 29.7. The summed E-state index contributed by atoms with van der Waals surface area (Å²) < 4.78 is 55.8. The number of benzene rings is 8. The van der Waals surface area contributed by atoms with Crippen LogP contribution in [-0.2, 0) is 41.9 Å². The number of aliphatic hydroxyl groups excluding tert-OH is 4. The molecule has 31 heteroatoms. The molecule has 644 valence electrons. The Morgan fingerprint density at radius 3 is 0.976 bits per heavy atom. The molecule has 22 nitrogen and oxygen atoms in total. The van der Waals surface area contributed by atoms with Crippen molar-refractivity contribution in [3.63, 3.8) is 0 Å². The van der Waals surface area contributed by atoms with Crippen LogP contribution in [0.4, 0.5) is 20.2 Å². The molecule has 0 aliphatic carbocycles. The topological polar surface area (TPSA) is 334 Å². The summed E-state index contributed by atoms with van der Waals surface area (Å²) in [6.45, 7) is 8.08. The smallest absolute Gasteiger partial charge is 0.550 e. The van der Waals surface area contributed by atoms with Crippen LogP contribution in [0.1, 0.15) is 149 Å². The molecule has 6 N–H and O–H groups in total. The van der Waals surface area contributed by atoms with E-state index >= 15 is 0 Å². The van der Waals surface area contributed by atoms with Crippen molar-refractivity contribution < 1.29 is 96.7 Å². The standard InChI is InChI=1S/2C47H45FN2O9S3.Ca/c2*1-28(2)45-44(43(30-7-4-3-5-8-30)46(31-11-15-32(48)16-12-31)50(45)24-23-34(51)25-35(52)26-39(53)54)47(57)49-33-17-21-37(22-18-33)59-41(56)10-6-9-40(55)58-36-19-13-29(14-20-36)38-27-42(60)62-61-38;/h2*3-5,7-8,11-22,27-28,34-35,51-52H,6,9-10,23-26H2,1-2H3,(H,49,57)(H,53,54);/q;;+2/p-2/t2*34-,35-;/m11./s1. The second-order valence-corrected chi connectivity index (χ2v) is 35.6. The third kappa shape index (κ3) is 27.8. The average Bonchev–Trinajstić information content (AvgIpc) is 1.59. The van der Waals surface area contributed by atoms with Crippen LogP contribution in [-0.4, -0.2) is 139 Å². The van der Waals surface area contributed by atoms with Gasteiger partial charge in [-0.25, -0.2) is 8.78 Å². The number of amides is 2. The van der Waals surface area contributed by atoms with Crippen LogP contribution in [0.5, 0.6) is 23.0 Å². The molecule has 125 heavy (non-hydrogen) atoms. The van der Waals surface area contributed by atoms with E-state index in [0.29, 0.717) is 90.2 Å². The SMILES string of the molecule is CC(C)c1c(C(=O)Nc2ccc(OC(=O)CCCC(=O)Oc3ccc(-c4cc(=S)ss4)cc3)cc2)c(-c2ccccc2)c(-c2ccc(F)cc2)n1CC[C@@H](O)C[C@@H](O)CC(=O)[O-].CC(C)c1c(C(=O)Nc2ccc(OC(=O)CCCC(=O)Oc3ccc(-c4cc(=S)ss4)cc3)cc2)c(-c2ccccc2)c(-c2ccc(F)cc2)n1CC[C@@H](O)C[C@@H](O)CC(=O)[O-].[Ca+2]. The Balaban J connectivity index is 0.000000259. The summed E-state index contributed by atoms with van der Waals surface area (Å²) >= 11 is 10.4. The minimum Gasteiger partial charge on any atom is -0.550 e. The molecular formula is C94H88CaF2N4O18S6. The number of aromatic nitrogens is 2. The fourth-order valence-corrected chi connectivity index (χ4v) is 19.0. The number of anilines is 2. The van der Waals surface area contributed by atoms with Gasteiger partial charge in [0.15, 0.2) is 0 Å². The number of carbonyl (C=O) groups is 8. The van der Waals surface area contributed by atoms with Gasteiger partial charge >= 0.3 is 61.6 Å². The molecule has 0 unspecified atom stereocenters. The van der Waals surface area contributed by atoms with Crippen molar-refractivity contribution >= 4 is 163 Å². The van der Waals surface area contributed by atoms with Gasteiger partial charge in [0.1, 0.15) is 42.3 Å². The van der Waals surface area contributed by atoms with Gasteiger partial charge in [0.2, 0.25) is 0 Å². The molecule has 8 aromatic carbocycles. The van der Waals surface area contributed by atoms with Gasteiger partial charge in [-0.2, -0.15) is 0 Å². The fourth-order valence-electron chi connectivity index (χ4n) is 14.2. The first kappa shape index (κ1) is 96.8. The monoisotopic (exact) mass is 1830 g/mol. The average molecular weight is 1830 g/mol. The first-order valence-electron chi connectivity index (χ1n) is 39.8. The summed E-state index contributed by atoms with van der Waals surface area (Å²) in [6.07, 6.45) is -5.78. The van der Waals surface area contributed by atoms with Crippen molar-refractivity contribution in [2.75, 3.05) is 10.6 Å². The Labute approximate surface area is 775 Å². The Morgan fingerprint density at radius 1 is 0.400 bits per heavy atom. The van der Waals surface area contributed by atoms with E-state index in [1.807, 2.05) is 134 Å². The van der Waals surface area contributed by atoms with E-state index in [4.69, 9.17) is 43.4 Å². The van der Waals surface area contributed by atoms with Gasteiger partial charge in [0, 0.05) is 107 Å². The zero-order chi connectivity index (χ0) is 88.7. The van der Waals surface area contributed by atoms with Crippen LogP contribution in [0.25, 0.3) is 65.6 Å². The predicted octanol–water partition coefficient (Wildman–Crippen LogP) is 18.0. The molecule has 0 fully saturated rings. The summed E-state index contributed by atoms with van der Waals surface area (Å²) in [4.78, 5) is 103. The first-order valence-corrected chi connectivity index (χ1v) is 45.0. The van der Waals surface area contributed by atoms with Crippen molar-refractivity contribution in [1.29, 1.82) is 0 Å². The number of hydrogen-bond donors (Lipinski definition) is 6. The Hall–Kier alpha value is -10.4. The molecule has 0 aliphatic heterocycles. The van der Waals surface area contributed by atoms with Crippen LogP contribution < -0.4 is 39.8 Å². The van der Waals surface area contributed by atoms with Crippen molar-refractivity contribution in [2.24, 2.45) is 0 Å². The molecule has 12 aromatic rings. The van der Waals surface area contributed by atoms with Gasteiger partial charge in [-0.3, -0.25) is 28.8 Å². The number of nitrogens with zero attached hydrogens (tertiary/aromatic N) is 2. The van der Waals surface area contributed by atoms with Crippen molar-refractivity contribution in [2.45, 2.75) is 154 Å². The summed E-state index contributed by atoms with van der Waals surface area (Å²) in [5, 5.41) is 70.1. The van der Waals surface area contributed by atoms with E-state index < -0.39 is 96.5 Å². The Morgan fingerprint density at radius 2 is 0.696 bits per heavy atom. The van der Waals surface area contributed by atoms with Crippen molar-refractivity contribution in [3.8, 4) is 88.6 Å². The zero-order valence-corrected chi connectivity index (χ0v) is 75.6. The third-order valence-electron chi connectivity index (χ3n) is 19.7. The van der Waals surface area contributed by atoms with Gasteiger partial charge in [0.25, 0.3) is 11.8 Å². The minimum absolute atomic E-state index is 0. The number of carbonyl (C=O) groups excluding carboxylic acids is 8. The van der Waals surface area contributed by atoms with Crippen molar-refractivity contribution in [3.05, 3.63) is 260 Å². The van der Waals surface area contributed by atoms with Gasteiger partial charge in [-0.1, -0.05) is 154 Å². The third-order valence-corrected chi connectivity index (χ3v) is 25.5. The Bertz CT molecular complexity index is 5470. The van der Waals surface area contributed by atoms with Crippen LogP contribution in [0.15, 0.2) is 218 Å². The fraction of sp³-hybridized carbons (Fsp3) is 0.255. The Kier molecular flexibility index (Phi) is 36.2. The van der Waals surface area contributed by atoms with E-state index in [9.17, 15) is 77.8 Å². The van der Waals surface area contributed by atoms with Crippen LogP contribution >= 0.6 is 65.8 Å². The number of halogens is 2. The number of hydrogen-bond acceptors (Lipinski definition) is 24. The van der Waals surface area contributed by atoms with E-state index in [2.05, 4.69) is 10.6 Å². The largest absolute Gasteiger partial charge is 2.00 e. The van der Waals surface area contributed by atoms with E-state index in [-0.39, 0.29) is 138 Å². The molecule has 4 atom stereocenters. The maximum Gasteiger partial charge on any atom is 2.00 e. The molecule has 12 rings (SSSR count). The number of carboxylic acids is 2. The van der Waals surface area contributed by atoms with Crippen molar-refractivity contribution in [1.82, 2.24) is 9.13 Å². The second kappa shape index (κ2) is 46.7. The van der Waals surface area contributed by atoms with Crippen LogP contribution in [0, 0.1) is 19.3 Å². The molecule has 0 aliphatic rings. The maximum atomic E-state index is 14.5. The molecule has 2 amide bonds. The molecule has 4 heterocycles. The number of aliphatic hydroxyl groups is 4. The van der Waals surface area contributed by atoms with Gasteiger partial charge in [-0.05, 0) is 241 Å². The van der Waals surface area contributed by atoms with E-state index in [1.54, 1.807) is 118 Å². The normalized spacial score (nSPS) is 12.1. The van der Waals surface area contributed by atoms with E-state index in [1.165, 1.54) is 44.9 Å². The first-order chi connectivity index (χ1) is 59.5. The zero-order valence-electron chi connectivity index (χ0n) is 68.5. The number of nitrogens with one attached hydrogen (secondary N) is 2. The van der Waals surface area contributed by atoms with Gasteiger partial charge < -0.3 is 78.9 Å². The number of esters is 4. The summed E-state index contributed by atoms with van der Waals surface area (Å²) in [5.74, 6) is -5.85. The van der Waals surface area contributed by atoms with Gasteiger partial charge in [0.05, 0.1) is 46.9 Å². The molecule has 0 spiro atoms. The molecular weight excluding hydrogens is 1740 g/mol. The van der Waals surface area contributed by atoms with Gasteiger partial charge in [-0.15, -0.1) is 0 Å². The quantitative estimate of drug-likeness (QED) is 0.00688. The molecule has 0 saturated carbocycles. The maximum absolute atomic E-state index is 14.5. The van der Waals surface area contributed by atoms with E-state index in [0.717, 1.165) is 28.5 Å². The summed E-state index contributed by atoms with van der Waals surface area (Å²) in [7, 11) is 6.21. The number of carboxylic acid groups (broad SMARTS) is 2. The summed E-state index contributed by atoms with van der Waals surface area (Å²) in [5.41, 5.74) is 9.81. The minimum atomic E-state index is -1.43. The predicted molar refractivity (Wildman–Crippen MR) is 482 cm³/mol. The summed E-state index contributed by atoms with van der Waals surface area (Å²) in [6, 6.07) is 61.1. The number of ether oxygens (including phenoxy) is 4. The van der Waals surface area contributed by atoms with Crippen LogP contribution in [0.2, 0.25) is 0 Å². The molecule has 0 radical (unpaired) electrons. The molecule has 4 aromatic heterocycles.